The second-order valence-electron chi connectivity index (χ2n) is 4.15. The zero-order chi connectivity index (χ0) is 14.2. The van der Waals surface area contributed by atoms with Crippen molar-refractivity contribution in [3.8, 4) is 0 Å². The van der Waals surface area contributed by atoms with Gasteiger partial charge in [0.2, 0.25) is 11.8 Å². The molecule has 1 atom stereocenters. The Morgan fingerprint density at radius 3 is 2.79 bits per heavy atom. The quantitative estimate of drug-likeness (QED) is 0.781. The lowest BCUT2D eigenvalue weighted by molar-refractivity contribution is -0.138. The van der Waals surface area contributed by atoms with Crippen LogP contribution in [0.15, 0.2) is 18.2 Å². The number of rotatable bonds is 1. The lowest BCUT2D eigenvalue weighted by Gasteiger charge is -2.31. The number of carbonyl (C=O) groups excluding carboxylic acids is 3. The van der Waals surface area contributed by atoms with E-state index in [0.717, 1.165) is 11.0 Å². The maximum atomic E-state index is 13.0. The van der Waals surface area contributed by atoms with Gasteiger partial charge in [0.1, 0.15) is 18.4 Å². The zero-order valence-corrected chi connectivity index (χ0v) is 10.7. The topological polar surface area (TPSA) is 66.5 Å². The minimum atomic E-state index is -0.769. The number of imide groups is 1. The van der Waals surface area contributed by atoms with Crippen LogP contribution in [0.25, 0.3) is 0 Å². The molecule has 5 nitrogen and oxygen atoms in total. The highest BCUT2D eigenvalue weighted by Gasteiger charge is 2.34. The predicted molar refractivity (Wildman–Crippen MR) is 65.1 cm³/mol. The van der Waals surface area contributed by atoms with Crippen LogP contribution in [0.4, 0.5) is 4.39 Å². The summed E-state index contributed by atoms with van der Waals surface area (Å²) in [6, 6.07) is 2.72. The van der Waals surface area contributed by atoms with Gasteiger partial charge < -0.3 is 4.90 Å². The molecule has 1 aromatic carbocycles. The van der Waals surface area contributed by atoms with Crippen molar-refractivity contribution < 1.29 is 18.8 Å². The van der Waals surface area contributed by atoms with Crippen LogP contribution < -0.4 is 5.32 Å². The van der Waals surface area contributed by atoms with Gasteiger partial charge in [-0.2, -0.15) is 0 Å². The van der Waals surface area contributed by atoms with Gasteiger partial charge in [-0.15, -0.1) is 0 Å². The monoisotopic (exact) mass is 284 g/mol. The number of hydrogen-bond acceptors (Lipinski definition) is 3. The van der Waals surface area contributed by atoms with E-state index in [1.54, 1.807) is 0 Å². The molecule has 0 aliphatic carbocycles. The van der Waals surface area contributed by atoms with Crippen LogP contribution in [0.5, 0.6) is 0 Å². The van der Waals surface area contributed by atoms with Crippen molar-refractivity contribution in [1.82, 2.24) is 10.2 Å². The number of carbonyl (C=O) groups is 3. The van der Waals surface area contributed by atoms with Gasteiger partial charge in [-0.05, 0) is 25.1 Å². The summed E-state index contributed by atoms with van der Waals surface area (Å²) in [5, 5.41) is 1.94. The molecular weight excluding hydrogens is 275 g/mol. The van der Waals surface area contributed by atoms with Gasteiger partial charge >= 0.3 is 0 Å². The highest BCUT2D eigenvalue weighted by molar-refractivity contribution is 6.31. The first-order valence-electron chi connectivity index (χ1n) is 5.50. The molecule has 1 fully saturated rings. The normalized spacial score (nSPS) is 19.3. The third kappa shape index (κ3) is 2.58. The van der Waals surface area contributed by atoms with E-state index in [1.165, 1.54) is 19.1 Å². The summed E-state index contributed by atoms with van der Waals surface area (Å²) in [5.41, 5.74) is 0.126. The van der Waals surface area contributed by atoms with E-state index in [-0.39, 0.29) is 17.1 Å². The Balaban J connectivity index is 2.29. The Kier molecular flexibility index (Phi) is 3.53. The molecule has 100 valence electrons. The van der Waals surface area contributed by atoms with Crippen LogP contribution in [-0.2, 0) is 9.59 Å². The minimum Gasteiger partial charge on any atom is -0.318 e. The summed E-state index contributed by atoms with van der Waals surface area (Å²) in [7, 11) is 0. The van der Waals surface area contributed by atoms with Gasteiger partial charge in [0.25, 0.3) is 5.91 Å². The fraction of sp³-hybridized carbons (Fsp3) is 0.250. The third-order valence-corrected chi connectivity index (χ3v) is 3.14. The summed E-state index contributed by atoms with van der Waals surface area (Å²) < 4.78 is 13.0. The van der Waals surface area contributed by atoms with Gasteiger partial charge in [0.15, 0.2) is 0 Å². The van der Waals surface area contributed by atoms with Crippen molar-refractivity contribution >= 4 is 29.3 Å². The molecular formula is C12H10ClFN2O3. The maximum absolute atomic E-state index is 13.0. The molecule has 1 saturated heterocycles. The van der Waals surface area contributed by atoms with Crippen LogP contribution in [-0.4, -0.2) is 35.2 Å². The first-order valence-corrected chi connectivity index (χ1v) is 5.87. The Labute approximate surface area is 113 Å². The molecule has 0 saturated carbocycles. The van der Waals surface area contributed by atoms with Crippen molar-refractivity contribution in [2.45, 2.75) is 13.0 Å². The number of halogens is 2. The Morgan fingerprint density at radius 2 is 2.16 bits per heavy atom. The average Bonchev–Trinajstić information content (AvgIpc) is 2.36. The number of hydrogen-bond donors (Lipinski definition) is 1. The molecule has 1 aliphatic heterocycles. The molecule has 0 radical (unpaired) electrons. The molecule has 1 aromatic rings. The van der Waals surface area contributed by atoms with Crippen LogP contribution >= 0.6 is 11.6 Å². The number of piperazine rings is 1. The van der Waals surface area contributed by atoms with Crippen molar-refractivity contribution in [1.29, 1.82) is 0 Å². The van der Waals surface area contributed by atoms with Gasteiger partial charge in [-0.1, -0.05) is 11.6 Å². The van der Waals surface area contributed by atoms with Gasteiger partial charge in [0.05, 0.1) is 5.02 Å². The molecule has 2 rings (SSSR count). The average molecular weight is 285 g/mol. The van der Waals surface area contributed by atoms with E-state index in [0.29, 0.717) is 0 Å². The lowest BCUT2D eigenvalue weighted by atomic mass is 10.1. The number of benzene rings is 1. The Morgan fingerprint density at radius 1 is 1.47 bits per heavy atom. The van der Waals surface area contributed by atoms with Crippen molar-refractivity contribution in [2.75, 3.05) is 6.54 Å². The van der Waals surface area contributed by atoms with Gasteiger partial charge in [-0.25, -0.2) is 4.39 Å². The van der Waals surface area contributed by atoms with E-state index in [2.05, 4.69) is 5.32 Å². The van der Waals surface area contributed by atoms with Crippen LogP contribution in [0.3, 0.4) is 0 Å². The van der Waals surface area contributed by atoms with E-state index >= 15 is 0 Å². The van der Waals surface area contributed by atoms with Gasteiger partial charge in [0, 0.05) is 5.56 Å². The highest BCUT2D eigenvalue weighted by Crippen LogP contribution is 2.18. The fourth-order valence-electron chi connectivity index (χ4n) is 1.76. The molecule has 1 unspecified atom stereocenters. The molecule has 0 spiro atoms. The summed E-state index contributed by atoms with van der Waals surface area (Å²) in [6.07, 6.45) is 0. The summed E-state index contributed by atoms with van der Waals surface area (Å²) in [5.74, 6) is -2.28. The van der Waals surface area contributed by atoms with E-state index in [9.17, 15) is 18.8 Å². The fourth-order valence-corrected chi connectivity index (χ4v) is 1.94. The van der Waals surface area contributed by atoms with Crippen LogP contribution in [0.2, 0.25) is 5.02 Å². The highest BCUT2D eigenvalue weighted by atomic mass is 35.5. The van der Waals surface area contributed by atoms with Gasteiger partial charge in [-0.3, -0.25) is 19.7 Å². The van der Waals surface area contributed by atoms with Crippen LogP contribution in [0, 0.1) is 5.82 Å². The summed E-state index contributed by atoms with van der Waals surface area (Å²) >= 11 is 5.60. The number of nitrogens with zero attached hydrogens (tertiary/aromatic N) is 1. The van der Waals surface area contributed by atoms with Crippen molar-refractivity contribution in [3.63, 3.8) is 0 Å². The van der Waals surface area contributed by atoms with E-state index < -0.39 is 29.6 Å². The SMILES string of the molecule is CC1C(=O)NC(=O)CN1C(=O)c1ccc(F)c(Cl)c1. The molecule has 1 N–H and O–H groups in total. The zero-order valence-electron chi connectivity index (χ0n) is 9.94. The molecule has 3 amide bonds. The number of nitrogens with one attached hydrogen (secondary N) is 1. The third-order valence-electron chi connectivity index (χ3n) is 2.85. The standard InChI is InChI=1S/C12H10ClFN2O3/c1-6-11(18)15-10(17)5-16(6)12(19)7-2-3-9(14)8(13)4-7/h2-4,6H,5H2,1H3,(H,15,17,18). The minimum absolute atomic E-state index is 0.126. The molecule has 7 heteroatoms. The van der Waals surface area contributed by atoms with Crippen molar-refractivity contribution in [3.05, 3.63) is 34.6 Å². The van der Waals surface area contributed by atoms with Crippen LogP contribution in [0.1, 0.15) is 17.3 Å². The van der Waals surface area contributed by atoms with E-state index in [1.807, 2.05) is 0 Å². The van der Waals surface area contributed by atoms with Crippen molar-refractivity contribution in [2.24, 2.45) is 0 Å². The second-order valence-corrected chi connectivity index (χ2v) is 4.56. The lowest BCUT2D eigenvalue weighted by Crippen LogP contribution is -2.58. The summed E-state index contributed by atoms with van der Waals surface area (Å²) in [6.45, 7) is 1.28. The first-order chi connectivity index (χ1) is 8.90. The number of amides is 3. The Hall–Kier alpha value is -1.95. The molecule has 1 heterocycles. The summed E-state index contributed by atoms with van der Waals surface area (Å²) in [4.78, 5) is 36.0. The molecule has 0 aromatic heterocycles. The van der Waals surface area contributed by atoms with E-state index in [4.69, 9.17) is 11.6 Å². The smallest absolute Gasteiger partial charge is 0.255 e. The second kappa shape index (κ2) is 4.97. The first kappa shape index (κ1) is 13.5. The predicted octanol–water partition coefficient (Wildman–Crippen LogP) is 0.966. The molecule has 0 bridgehead atoms. The largest absolute Gasteiger partial charge is 0.318 e. The maximum Gasteiger partial charge on any atom is 0.255 e. The molecule has 1 aliphatic rings. The Bertz CT molecular complexity index is 576. The molecule has 19 heavy (non-hydrogen) atoms.